The van der Waals surface area contributed by atoms with E-state index in [0.717, 1.165) is 25.7 Å². The second-order valence-electron chi connectivity index (χ2n) is 3.18. The van der Waals surface area contributed by atoms with Gasteiger partial charge in [-0.05, 0) is 19.3 Å². The van der Waals surface area contributed by atoms with E-state index >= 15 is 0 Å². The molecule has 0 saturated carbocycles. The normalized spacial score (nSPS) is 11.9. The first-order valence-electron chi connectivity index (χ1n) is 5.01. The Kier molecular flexibility index (Phi) is 8.08. The van der Waals surface area contributed by atoms with E-state index in [9.17, 15) is 0 Å². The van der Waals surface area contributed by atoms with Gasteiger partial charge < -0.3 is 13.9 Å². The van der Waals surface area contributed by atoms with Gasteiger partial charge in [0, 0.05) is 20.6 Å². The lowest BCUT2D eigenvalue weighted by Crippen LogP contribution is -2.36. The Morgan fingerprint density at radius 2 is 1.86 bits per heavy atom. The van der Waals surface area contributed by atoms with Gasteiger partial charge in [-0.2, -0.15) is 0 Å². The van der Waals surface area contributed by atoms with Crippen molar-refractivity contribution in [1.29, 1.82) is 0 Å². The van der Waals surface area contributed by atoms with E-state index in [1.165, 1.54) is 6.42 Å². The van der Waals surface area contributed by atoms with E-state index < -0.39 is 5.97 Å². The summed E-state index contributed by atoms with van der Waals surface area (Å²) in [5, 5.41) is 0. The zero-order valence-corrected chi connectivity index (χ0v) is 11.5. The first kappa shape index (κ1) is 13.8. The lowest BCUT2D eigenvalue weighted by molar-refractivity contribution is -0.325. The van der Waals surface area contributed by atoms with Crippen LogP contribution in [0.25, 0.3) is 0 Å². The minimum atomic E-state index is -0.791. The SMILES string of the molecule is C=CCCCCCC(OC)(OC)O[SiH3]. The maximum atomic E-state index is 5.32. The van der Waals surface area contributed by atoms with Gasteiger partial charge in [-0.25, -0.2) is 0 Å². The molecule has 0 atom stereocenters. The van der Waals surface area contributed by atoms with Crippen molar-refractivity contribution in [1.82, 2.24) is 0 Å². The minimum absolute atomic E-state index is 0.619. The molecule has 0 aliphatic rings. The molecule has 14 heavy (non-hydrogen) atoms. The molecule has 0 rings (SSSR count). The van der Waals surface area contributed by atoms with Gasteiger partial charge in [-0.1, -0.05) is 12.5 Å². The Bertz CT molecular complexity index is 138. The Morgan fingerprint density at radius 1 is 1.21 bits per heavy atom. The average molecular weight is 218 g/mol. The van der Waals surface area contributed by atoms with Crippen molar-refractivity contribution in [2.75, 3.05) is 14.2 Å². The van der Waals surface area contributed by atoms with Crippen LogP contribution in [-0.4, -0.2) is 30.7 Å². The smallest absolute Gasteiger partial charge is 0.272 e. The molecule has 0 heterocycles. The summed E-state index contributed by atoms with van der Waals surface area (Å²) < 4.78 is 15.7. The third-order valence-corrected chi connectivity index (χ3v) is 2.95. The molecule has 0 fully saturated rings. The number of ether oxygens (including phenoxy) is 2. The maximum Gasteiger partial charge on any atom is 0.272 e. The molecular weight excluding hydrogens is 196 g/mol. The first-order chi connectivity index (χ1) is 6.74. The van der Waals surface area contributed by atoms with Crippen LogP contribution in [0.4, 0.5) is 0 Å². The number of rotatable bonds is 9. The molecular formula is C10H22O3Si. The summed E-state index contributed by atoms with van der Waals surface area (Å²) in [4.78, 5) is 0. The number of unbranched alkanes of at least 4 members (excludes halogenated alkanes) is 3. The maximum absolute atomic E-state index is 5.32. The van der Waals surface area contributed by atoms with Crippen LogP contribution in [0.5, 0.6) is 0 Å². The molecule has 0 N–H and O–H groups in total. The Balaban J connectivity index is 3.65. The summed E-state index contributed by atoms with van der Waals surface area (Å²) in [6.45, 7) is 3.69. The van der Waals surface area contributed by atoms with Crippen LogP contribution < -0.4 is 0 Å². The predicted molar refractivity (Wildman–Crippen MR) is 61.1 cm³/mol. The van der Waals surface area contributed by atoms with Crippen LogP contribution in [0.15, 0.2) is 12.7 Å². The van der Waals surface area contributed by atoms with E-state index in [0.29, 0.717) is 10.5 Å². The molecule has 0 spiro atoms. The van der Waals surface area contributed by atoms with Crippen LogP contribution in [0.3, 0.4) is 0 Å². The molecule has 0 aromatic carbocycles. The average Bonchev–Trinajstić information content (AvgIpc) is 2.24. The van der Waals surface area contributed by atoms with Crippen molar-refractivity contribution in [3.63, 3.8) is 0 Å². The zero-order valence-electron chi connectivity index (χ0n) is 9.54. The highest BCUT2D eigenvalue weighted by atomic mass is 28.2. The molecule has 0 amide bonds. The van der Waals surface area contributed by atoms with Gasteiger partial charge in [0.2, 0.25) is 0 Å². The first-order valence-corrected chi connectivity index (χ1v) is 5.82. The summed E-state index contributed by atoms with van der Waals surface area (Å²) in [5.41, 5.74) is 0. The monoisotopic (exact) mass is 218 g/mol. The van der Waals surface area contributed by atoms with Gasteiger partial charge in [0.15, 0.2) is 10.5 Å². The van der Waals surface area contributed by atoms with Crippen molar-refractivity contribution in [3.05, 3.63) is 12.7 Å². The second-order valence-corrected chi connectivity index (χ2v) is 3.59. The van der Waals surface area contributed by atoms with Crippen LogP contribution in [-0.2, 0) is 13.9 Å². The molecule has 0 saturated heterocycles. The predicted octanol–water partition coefficient (Wildman–Crippen LogP) is 1.37. The molecule has 3 nitrogen and oxygen atoms in total. The minimum Gasteiger partial charge on any atom is -0.380 e. The van der Waals surface area contributed by atoms with E-state index in [-0.39, 0.29) is 0 Å². The number of methoxy groups -OCH3 is 2. The molecule has 84 valence electrons. The van der Waals surface area contributed by atoms with E-state index in [2.05, 4.69) is 6.58 Å². The van der Waals surface area contributed by atoms with Crippen molar-refractivity contribution < 1.29 is 13.9 Å². The molecule has 0 aliphatic heterocycles. The molecule has 0 radical (unpaired) electrons. The molecule has 0 aromatic heterocycles. The Labute approximate surface area is 90.0 Å². The van der Waals surface area contributed by atoms with Gasteiger partial charge in [-0.15, -0.1) is 6.58 Å². The number of allylic oxidation sites excluding steroid dienone is 1. The third-order valence-electron chi connectivity index (χ3n) is 2.32. The highest BCUT2D eigenvalue weighted by molar-refractivity contribution is 5.98. The lowest BCUT2D eigenvalue weighted by Gasteiger charge is -2.29. The largest absolute Gasteiger partial charge is 0.380 e. The highest BCUT2D eigenvalue weighted by Crippen LogP contribution is 2.20. The molecule has 0 bridgehead atoms. The highest BCUT2D eigenvalue weighted by Gasteiger charge is 2.27. The number of hydrogen-bond donors (Lipinski definition) is 0. The van der Waals surface area contributed by atoms with Gasteiger partial charge in [0.25, 0.3) is 5.97 Å². The molecule has 4 heteroatoms. The van der Waals surface area contributed by atoms with Crippen molar-refractivity contribution in [2.45, 2.75) is 38.1 Å². The quantitative estimate of drug-likeness (QED) is 0.253. The fraction of sp³-hybridized carbons (Fsp3) is 0.800. The molecule has 0 unspecified atom stereocenters. The Hall–Kier alpha value is -0.163. The number of hydrogen-bond acceptors (Lipinski definition) is 3. The van der Waals surface area contributed by atoms with Crippen molar-refractivity contribution in [3.8, 4) is 0 Å². The summed E-state index contributed by atoms with van der Waals surface area (Å²) in [7, 11) is 3.85. The van der Waals surface area contributed by atoms with Gasteiger partial charge in [-0.3, -0.25) is 0 Å². The summed E-state index contributed by atoms with van der Waals surface area (Å²) in [5.74, 6) is -0.791. The van der Waals surface area contributed by atoms with Crippen LogP contribution in [0.1, 0.15) is 32.1 Å². The van der Waals surface area contributed by atoms with Gasteiger partial charge in [0.05, 0.1) is 0 Å². The fourth-order valence-corrected chi connectivity index (χ4v) is 1.90. The van der Waals surface area contributed by atoms with Gasteiger partial charge >= 0.3 is 0 Å². The summed E-state index contributed by atoms with van der Waals surface area (Å²) in [6.07, 6.45) is 7.20. The van der Waals surface area contributed by atoms with E-state index in [4.69, 9.17) is 13.9 Å². The fourth-order valence-electron chi connectivity index (χ4n) is 1.36. The van der Waals surface area contributed by atoms with E-state index in [1.807, 2.05) is 6.08 Å². The van der Waals surface area contributed by atoms with Crippen LogP contribution >= 0.6 is 0 Å². The zero-order chi connectivity index (χ0) is 10.9. The Morgan fingerprint density at radius 3 is 2.29 bits per heavy atom. The van der Waals surface area contributed by atoms with Gasteiger partial charge in [0.1, 0.15) is 0 Å². The van der Waals surface area contributed by atoms with Crippen molar-refractivity contribution >= 4 is 10.5 Å². The lowest BCUT2D eigenvalue weighted by atomic mass is 10.1. The van der Waals surface area contributed by atoms with Crippen LogP contribution in [0.2, 0.25) is 0 Å². The summed E-state index contributed by atoms with van der Waals surface area (Å²) in [6, 6.07) is 0. The topological polar surface area (TPSA) is 27.7 Å². The van der Waals surface area contributed by atoms with Crippen LogP contribution in [0, 0.1) is 0 Å². The molecule has 0 aromatic rings. The standard InChI is InChI=1S/C10H22O3Si/c1-4-5-6-7-8-9-10(11-2,12-3)13-14/h4H,1,5-9H2,2-3,14H3. The second kappa shape index (κ2) is 8.17. The van der Waals surface area contributed by atoms with Crippen molar-refractivity contribution in [2.24, 2.45) is 0 Å². The van der Waals surface area contributed by atoms with E-state index in [1.54, 1.807) is 14.2 Å². The third kappa shape index (κ3) is 4.90. The molecule has 0 aliphatic carbocycles. The summed E-state index contributed by atoms with van der Waals surface area (Å²) >= 11 is 0.